The van der Waals surface area contributed by atoms with Crippen molar-refractivity contribution in [2.24, 2.45) is 5.92 Å². The van der Waals surface area contributed by atoms with Gasteiger partial charge in [-0.3, -0.25) is 4.79 Å². The summed E-state index contributed by atoms with van der Waals surface area (Å²) in [7, 11) is 0. The predicted octanol–water partition coefficient (Wildman–Crippen LogP) is 2.49. The molecule has 0 aromatic heterocycles. The first kappa shape index (κ1) is 17.3. The van der Waals surface area contributed by atoms with Crippen molar-refractivity contribution in [3.63, 3.8) is 0 Å². The van der Waals surface area contributed by atoms with Crippen LogP contribution < -0.4 is 16.0 Å². The molecule has 1 aromatic carbocycles. The van der Waals surface area contributed by atoms with E-state index in [2.05, 4.69) is 22.9 Å². The quantitative estimate of drug-likeness (QED) is 0.781. The zero-order valence-electron chi connectivity index (χ0n) is 14.0. The van der Waals surface area contributed by atoms with Crippen LogP contribution in [0.1, 0.15) is 43.7 Å². The van der Waals surface area contributed by atoms with Gasteiger partial charge in [-0.15, -0.1) is 0 Å². The predicted molar refractivity (Wildman–Crippen MR) is 91.0 cm³/mol. The first-order chi connectivity index (χ1) is 11.0. The van der Waals surface area contributed by atoms with E-state index in [1.165, 1.54) is 18.4 Å². The van der Waals surface area contributed by atoms with Crippen LogP contribution in [0, 0.1) is 12.8 Å². The Labute approximate surface area is 138 Å². The number of urea groups is 1. The number of carbonyl (C=O) groups excluding carboxylic acids is 2. The second-order valence-electron chi connectivity index (χ2n) is 6.46. The fourth-order valence-electron chi connectivity index (χ4n) is 2.90. The number of benzene rings is 1. The molecule has 5 nitrogen and oxygen atoms in total. The van der Waals surface area contributed by atoms with E-state index < -0.39 is 0 Å². The Morgan fingerprint density at radius 2 is 1.78 bits per heavy atom. The Bertz CT molecular complexity index is 528. The summed E-state index contributed by atoms with van der Waals surface area (Å²) in [6, 6.07) is 7.90. The molecule has 23 heavy (non-hydrogen) atoms. The molecule has 5 heteroatoms. The van der Waals surface area contributed by atoms with Crippen LogP contribution in [0.4, 0.5) is 4.79 Å². The summed E-state index contributed by atoms with van der Waals surface area (Å²) in [5, 5.41) is 8.39. The van der Waals surface area contributed by atoms with Gasteiger partial charge in [-0.2, -0.15) is 0 Å². The van der Waals surface area contributed by atoms with Gasteiger partial charge in [-0.05, 0) is 31.2 Å². The second kappa shape index (κ2) is 8.56. The van der Waals surface area contributed by atoms with Crippen LogP contribution in [-0.2, 0) is 11.3 Å². The first-order valence-corrected chi connectivity index (χ1v) is 8.41. The molecule has 0 heterocycles. The van der Waals surface area contributed by atoms with Crippen molar-refractivity contribution in [2.75, 3.05) is 6.54 Å². The molecule has 3 N–H and O–H groups in total. The molecule has 1 fully saturated rings. The number of rotatable bonds is 5. The van der Waals surface area contributed by atoms with Crippen LogP contribution in [-0.4, -0.2) is 24.5 Å². The van der Waals surface area contributed by atoms with E-state index in [9.17, 15) is 9.59 Å². The van der Waals surface area contributed by atoms with E-state index >= 15 is 0 Å². The molecule has 0 bridgehead atoms. The Kier molecular flexibility index (Phi) is 6.44. The number of carbonyl (C=O) groups is 2. The smallest absolute Gasteiger partial charge is 0.315 e. The van der Waals surface area contributed by atoms with Gasteiger partial charge in [0, 0.05) is 12.6 Å². The third kappa shape index (κ3) is 5.93. The molecule has 1 aliphatic carbocycles. The molecular formula is C18H27N3O2. The lowest BCUT2D eigenvalue weighted by Crippen LogP contribution is -2.47. The van der Waals surface area contributed by atoms with Crippen molar-refractivity contribution in [1.82, 2.24) is 16.0 Å². The van der Waals surface area contributed by atoms with Crippen LogP contribution in [0.15, 0.2) is 24.3 Å². The highest BCUT2D eigenvalue weighted by atomic mass is 16.2. The molecule has 0 radical (unpaired) electrons. The zero-order valence-corrected chi connectivity index (χ0v) is 14.0. The first-order valence-electron chi connectivity index (χ1n) is 8.41. The molecule has 126 valence electrons. The molecule has 2 rings (SSSR count). The molecule has 0 saturated heterocycles. The van der Waals surface area contributed by atoms with Crippen LogP contribution in [0.3, 0.4) is 0 Å². The van der Waals surface area contributed by atoms with Crippen molar-refractivity contribution < 1.29 is 9.59 Å². The van der Waals surface area contributed by atoms with Gasteiger partial charge in [0.05, 0.1) is 6.54 Å². The van der Waals surface area contributed by atoms with Crippen molar-refractivity contribution in [2.45, 2.75) is 52.1 Å². The van der Waals surface area contributed by atoms with Crippen molar-refractivity contribution in [3.05, 3.63) is 35.4 Å². The van der Waals surface area contributed by atoms with Gasteiger partial charge in [0.25, 0.3) is 0 Å². The minimum atomic E-state index is -0.322. The van der Waals surface area contributed by atoms with Gasteiger partial charge in [0.2, 0.25) is 5.91 Å². The summed E-state index contributed by atoms with van der Waals surface area (Å²) >= 11 is 0. The molecule has 0 aliphatic heterocycles. The van der Waals surface area contributed by atoms with Crippen molar-refractivity contribution >= 4 is 11.9 Å². The van der Waals surface area contributed by atoms with E-state index in [1.807, 2.05) is 31.2 Å². The molecule has 1 aromatic rings. The van der Waals surface area contributed by atoms with Gasteiger partial charge in [0.1, 0.15) is 0 Å². The van der Waals surface area contributed by atoms with Crippen molar-refractivity contribution in [3.8, 4) is 0 Å². The molecular weight excluding hydrogens is 290 g/mol. The van der Waals surface area contributed by atoms with Gasteiger partial charge < -0.3 is 16.0 Å². The van der Waals surface area contributed by atoms with Crippen LogP contribution in [0.2, 0.25) is 0 Å². The van der Waals surface area contributed by atoms with Crippen LogP contribution in [0.5, 0.6) is 0 Å². The Morgan fingerprint density at radius 3 is 2.48 bits per heavy atom. The number of amides is 3. The molecule has 3 amide bonds. The van der Waals surface area contributed by atoms with E-state index in [0.717, 1.165) is 18.4 Å². The number of aryl methyl sites for hydroxylation is 1. The van der Waals surface area contributed by atoms with E-state index in [1.54, 1.807) is 0 Å². The fraction of sp³-hybridized carbons (Fsp3) is 0.556. The van der Waals surface area contributed by atoms with Gasteiger partial charge >= 0.3 is 6.03 Å². The summed E-state index contributed by atoms with van der Waals surface area (Å²) in [4.78, 5) is 23.7. The zero-order chi connectivity index (χ0) is 16.7. The summed E-state index contributed by atoms with van der Waals surface area (Å²) in [5.41, 5.74) is 2.22. The maximum absolute atomic E-state index is 11.9. The molecule has 1 saturated carbocycles. The van der Waals surface area contributed by atoms with Gasteiger partial charge in [0.15, 0.2) is 0 Å². The Morgan fingerprint density at radius 1 is 1.09 bits per heavy atom. The third-order valence-electron chi connectivity index (χ3n) is 4.44. The normalized spacial score (nSPS) is 20.6. The van der Waals surface area contributed by atoms with Gasteiger partial charge in [-0.25, -0.2) is 4.79 Å². The number of hydrogen-bond donors (Lipinski definition) is 3. The molecule has 0 spiro atoms. The van der Waals surface area contributed by atoms with Crippen molar-refractivity contribution in [1.29, 1.82) is 0 Å². The van der Waals surface area contributed by atoms with E-state index in [-0.39, 0.29) is 24.5 Å². The lowest BCUT2D eigenvalue weighted by atomic mass is 9.86. The highest BCUT2D eigenvalue weighted by molar-refractivity contribution is 5.84. The largest absolute Gasteiger partial charge is 0.352 e. The topological polar surface area (TPSA) is 70.2 Å². The molecule has 0 unspecified atom stereocenters. The fourth-order valence-corrected chi connectivity index (χ4v) is 2.90. The molecule has 1 aliphatic rings. The second-order valence-corrected chi connectivity index (χ2v) is 6.46. The van der Waals surface area contributed by atoms with Crippen LogP contribution in [0.25, 0.3) is 0 Å². The SMILES string of the molecule is Cc1ccc(CNC(=O)NCC(=O)N[C@H]2CCCC[C@@H]2C)cc1. The Balaban J connectivity index is 1.65. The standard InChI is InChI=1S/C18H27N3O2/c1-13-7-9-15(10-8-13)11-19-18(23)20-12-17(22)21-16-6-4-3-5-14(16)2/h7-10,14,16H,3-6,11-12H2,1-2H3,(H,21,22)(H2,19,20,23)/t14-,16-/m0/s1. The molecule has 2 atom stereocenters. The highest BCUT2D eigenvalue weighted by Gasteiger charge is 2.22. The average Bonchev–Trinajstić information content (AvgIpc) is 2.54. The third-order valence-corrected chi connectivity index (χ3v) is 4.44. The Hall–Kier alpha value is -2.04. The highest BCUT2D eigenvalue weighted by Crippen LogP contribution is 2.23. The average molecular weight is 317 g/mol. The summed E-state index contributed by atoms with van der Waals surface area (Å²) < 4.78 is 0. The number of nitrogens with one attached hydrogen (secondary N) is 3. The maximum atomic E-state index is 11.9. The van der Waals surface area contributed by atoms with E-state index in [4.69, 9.17) is 0 Å². The van der Waals surface area contributed by atoms with E-state index in [0.29, 0.717) is 12.5 Å². The summed E-state index contributed by atoms with van der Waals surface area (Å²) in [6.07, 6.45) is 4.61. The maximum Gasteiger partial charge on any atom is 0.315 e. The lowest BCUT2D eigenvalue weighted by Gasteiger charge is -2.29. The monoisotopic (exact) mass is 317 g/mol. The minimum Gasteiger partial charge on any atom is -0.352 e. The van der Waals surface area contributed by atoms with Gasteiger partial charge in [-0.1, -0.05) is 49.6 Å². The van der Waals surface area contributed by atoms with Crippen LogP contribution >= 0.6 is 0 Å². The lowest BCUT2D eigenvalue weighted by molar-refractivity contribution is -0.121. The number of hydrogen-bond acceptors (Lipinski definition) is 2. The summed E-state index contributed by atoms with van der Waals surface area (Å²) in [5.74, 6) is 0.400. The summed E-state index contributed by atoms with van der Waals surface area (Å²) in [6.45, 7) is 4.66. The minimum absolute atomic E-state index is 0.0168.